The quantitative estimate of drug-likeness (QED) is 0.553. The largest absolute Gasteiger partial charge is 0.207 e. The van der Waals surface area contributed by atoms with Crippen molar-refractivity contribution in [3.8, 4) is 6.07 Å². The number of fused-ring (bicyclic) bond motifs is 1. The van der Waals surface area contributed by atoms with Gasteiger partial charge in [-0.05, 0) is 35.6 Å². The molecule has 2 heteroatoms. The fourth-order valence-corrected chi connectivity index (χ4v) is 1.74. The molecule has 0 bridgehead atoms. The highest BCUT2D eigenvalue weighted by Gasteiger charge is 2.18. The van der Waals surface area contributed by atoms with Gasteiger partial charge in [0.25, 0.3) is 0 Å². The Labute approximate surface area is 76.1 Å². The summed E-state index contributed by atoms with van der Waals surface area (Å²) in [6.07, 6.45) is 3.00. The number of halogens is 1. The highest BCUT2D eigenvalue weighted by Crippen LogP contribution is 2.33. The summed E-state index contributed by atoms with van der Waals surface area (Å²) >= 11 is 0. The number of hydrogen-bond acceptors (Lipinski definition) is 1. The van der Waals surface area contributed by atoms with Crippen molar-refractivity contribution in [2.75, 3.05) is 0 Å². The third-order valence-corrected chi connectivity index (χ3v) is 2.35. The lowest BCUT2D eigenvalue weighted by molar-refractivity contribution is 0.613. The first-order valence-corrected chi connectivity index (χ1v) is 4.19. The Bertz CT molecular complexity index is 413. The SMILES string of the molecule is N#C/C=C1\CCc2c(F)cccc21. The highest BCUT2D eigenvalue weighted by molar-refractivity contribution is 5.74. The van der Waals surface area contributed by atoms with Gasteiger partial charge < -0.3 is 0 Å². The molecule has 0 saturated heterocycles. The molecule has 0 fully saturated rings. The van der Waals surface area contributed by atoms with Crippen molar-refractivity contribution in [3.05, 3.63) is 41.2 Å². The lowest BCUT2D eigenvalue weighted by atomic mass is 10.1. The van der Waals surface area contributed by atoms with E-state index in [2.05, 4.69) is 0 Å². The molecule has 0 amide bonds. The second-order valence-corrected chi connectivity index (χ2v) is 3.06. The molecule has 2 rings (SSSR count). The summed E-state index contributed by atoms with van der Waals surface area (Å²) in [6, 6.07) is 7.01. The Morgan fingerprint density at radius 1 is 1.38 bits per heavy atom. The third-order valence-electron chi connectivity index (χ3n) is 2.35. The van der Waals surface area contributed by atoms with Crippen LogP contribution in [0.2, 0.25) is 0 Å². The van der Waals surface area contributed by atoms with Crippen LogP contribution in [0.4, 0.5) is 4.39 Å². The predicted octanol–water partition coefficient (Wildman–Crippen LogP) is 2.68. The van der Waals surface area contributed by atoms with E-state index in [1.807, 2.05) is 12.1 Å². The molecule has 0 aliphatic heterocycles. The van der Waals surface area contributed by atoms with Crippen LogP contribution in [0.1, 0.15) is 17.5 Å². The van der Waals surface area contributed by atoms with E-state index >= 15 is 0 Å². The van der Waals surface area contributed by atoms with Crippen molar-refractivity contribution in [1.82, 2.24) is 0 Å². The minimum atomic E-state index is -0.154. The van der Waals surface area contributed by atoms with Crippen LogP contribution < -0.4 is 0 Å². The summed E-state index contributed by atoms with van der Waals surface area (Å²) < 4.78 is 13.2. The molecule has 1 aliphatic rings. The van der Waals surface area contributed by atoms with Gasteiger partial charge in [-0.2, -0.15) is 5.26 Å². The monoisotopic (exact) mass is 173 g/mol. The summed E-state index contributed by atoms with van der Waals surface area (Å²) in [5.74, 6) is -0.154. The molecule has 1 nitrogen and oxygen atoms in total. The first-order valence-electron chi connectivity index (χ1n) is 4.19. The Morgan fingerprint density at radius 2 is 2.23 bits per heavy atom. The van der Waals surface area contributed by atoms with Gasteiger partial charge >= 0.3 is 0 Å². The van der Waals surface area contributed by atoms with Gasteiger partial charge in [0.15, 0.2) is 0 Å². The zero-order valence-electron chi connectivity index (χ0n) is 7.05. The van der Waals surface area contributed by atoms with E-state index in [9.17, 15) is 4.39 Å². The summed E-state index contributed by atoms with van der Waals surface area (Å²) in [5, 5.41) is 8.50. The number of benzene rings is 1. The summed E-state index contributed by atoms with van der Waals surface area (Å²) in [5.41, 5.74) is 2.61. The first-order chi connectivity index (χ1) is 6.33. The number of nitriles is 1. The van der Waals surface area contributed by atoms with Gasteiger partial charge in [0.1, 0.15) is 5.82 Å². The topological polar surface area (TPSA) is 23.8 Å². The maximum atomic E-state index is 13.2. The van der Waals surface area contributed by atoms with E-state index in [4.69, 9.17) is 5.26 Å². The van der Waals surface area contributed by atoms with Crippen molar-refractivity contribution < 1.29 is 4.39 Å². The lowest BCUT2D eigenvalue weighted by Crippen LogP contribution is -1.86. The van der Waals surface area contributed by atoms with Crippen LogP contribution in [0.25, 0.3) is 5.57 Å². The highest BCUT2D eigenvalue weighted by atomic mass is 19.1. The molecule has 1 aromatic carbocycles. The molecule has 0 aromatic heterocycles. The van der Waals surface area contributed by atoms with E-state index in [0.717, 1.165) is 29.5 Å². The summed E-state index contributed by atoms with van der Waals surface area (Å²) in [7, 11) is 0. The number of hydrogen-bond donors (Lipinski definition) is 0. The zero-order chi connectivity index (χ0) is 9.26. The molecule has 0 unspecified atom stereocenters. The Kier molecular flexibility index (Phi) is 1.86. The normalized spacial score (nSPS) is 17.1. The standard InChI is InChI=1S/C11H8FN/c12-11-3-1-2-9-8(6-7-13)4-5-10(9)11/h1-3,6H,4-5H2/b8-6+. The number of allylic oxidation sites excluding steroid dienone is 2. The minimum Gasteiger partial charge on any atom is -0.207 e. The first kappa shape index (κ1) is 8.00. The predicted molar refractivity (Wildman–Crippen MR) is 48.3 cm³/mol. The van der Waals surface area contributed by atoms with Gasteiger partial charge in [-0.3, -0.25) is 0 Å². The minimum absolute atomic E-state index is 0.154. The second kappa shape index (κ2) is 3.02. The fourth-order valence-electron chi connectivity index (χ4n) is 1.74. The van der Waals surface area contributed by atoms with Gasteiger partial charge in [0, 0.05) is 6.08 Å². The molecule has 1 aromatic rings. The molecule has 0 heterocycles. The van der Waals surface area contributed by atoms with Crippen LogP contribution in [0.15, 0.2) is 24.3 Å². The van der Waals surface area contributed by atoms with Gasteiger partial charge in [-0.25, -0.2) is 4.39 Å². The molecule has 0 atom stereocenters. The molecular weight excluding hydrogens is 165 g/mol. The van der Waals surface area contributed by atoms with E-state index in [-0.39, 0.29) is 5.82 Å². The van der Waals surface area contributed by atoms with Crippen LogP contribution in [0.3, 0.4) is 0 Å². The van der Waals surface area contributed by atoms with Gasteiger partial charge in [0.05, 0.1) is 6.07 Å². The van der Waals surface area contributed by atoms with Crippen LogP contribution in [0, 0.1) is 17.1 Å². The van der Waals surface area contributed by atoms with Crippen LogP contribution >= 0.6 is 0 Å². The maximum absolute atomic E-state index is 13.2. The fraction of sp³-hybridized carbons (Fsp3) is 0.182. The van der Waals surface area contributed by atoms with E-state index in [0.29, 0.717) is 0 Å². The molecule has 0 radical (unpaired) electrons. The van der Waals surface area contributed by atoms with E-state index in [1.54, 1.807) is 6.07 Å². The lowest BCUT2D eigenvalue weighted by Gasteiger charge is -1.99. The molecule has 13 heavy (non-hydrogen) atoms. The number of nitrogens with zero attached hydrogens (tertiary/aromatic N) is 1. The molecule has 0 saturated carbocycles. The average molecular weight is 173 g/mol. The average Bonchev–Trinajstić information content (AvgIpc) is 2.51. The molecule has 64 valence electrons. The van der Waals surface area contributed by atoms with Crippen LogP contribution in [0.5, 0.6) is 0 Å². The van der Waals surface area contributed by atoms with Crippen molar-refractivity contribution in [2.45, 2.75) is 12.8 Å². The van der Waals surface area contributed by atoms with Crippen molar-refractivity contribution in [3.63, 3.8) is 0 Å². The molecule has 1 aliphatic carbocycles. The van der Waals surface area contributed by atoms with Gasteiger partial charge in [0.2, 0.25) is 0 Å². The molecule has 0 spiro atoms. The van der Waals surface area contributed by atoms with Gasteiger partial charge in [-0.1, -0.05) is 12.1 Å². The molecular formula is C11H8FN. The Balaban J connectivity index is 2.57. The van der Waals surface area contributed by atoms with Crippen molar-refractivity contribution >= 4 is 5.57 Å². The van der Waals surface area contributed by atoms with Crippen LogP contribution in [-0.4, -0.2) is 0 Å². The zero-order valence-corrected chi connectivity index (χ0v) is 7.05. The van der Waals surface area contributed by atoms with Crippen molar-refractivity contribution in [2.24, 2.45) is 0 Å². The van der Waals surface area contributed by atoms with Crippen LogP contribution in [-0.2, 0) is 6.42 Å². The summed E-state index contributed by atoms with van der Waals surface area (Å²) in [4.78, 5) is 0. The number of rotatable bonds is 0. The Morgan fingerprint density at radius 3 is 3.00 bits per heavy atom. The third kappa shape index (κ3) is 1.23. The second-order valence-electron chi connectivity index (χ2n) is 3.06. The smallest absolute Gasteiger partial charge is 0.127 e. The van der Waals surface area contributed by atoms with E-state index in [1.165, 1.54) is 12.1 Å². The van der Waals surface area contributed by atoms with Crippen molar-refractivity contribution in [1.29, 1.82) is 5.26 Å². The molecule has 0 N–H and O–H groups in total. The maximum Gasteiger partial charge on any atom is 0.127 e. The Hall–Kier alpha value is -1.62. The summed E-state index contributed by atoms with van der Waals surface area (Å²) in [6.45, 7) is 0. The van der Waals surface area contributed by atoms with E-state index < -0.39 is 0 Å². The van der Waals surface area contributed by atoms with Gasteiger partial charge in [-0.15, -0.1) is 0 Å².